The molecule has 1 fully saturated rings. The van der Waals surface area contributed by atoms with Gasteiger partial charge in [0.1, 0.15) is 0 Å². The standard InChI is InChI=1S/C21H24N2O3S/c1-15-7-2-5-11-19(15)27-14-20(24)23-18-10-4-3-9-17(18)21(25)22-13-16-8-6-12-26-16/h2-5,7,9-11,16H,6,8,12-14H2,1H3,(H,22,25)(H,23,24). The second-order valence-corrected chi connectivity index (χ2v) is 7.51. The summed E-state index contributed by atoms with van der Waals surface area (Å²) in [6.07, 6.45) is 2.08. The molecule has 0 aliphatic carbocycles. The molecule has 27 heavy (non-hydrogen) atoms. The van der Waals surface area contributed by atoms with Crippen LogP contribution in [0.1, 0.15) is 28.8 Å². The molecule has 142 valence electrons. The number of anilines is 1. The Labute approximate surface area is 163 Å². The van der Waals surface area contributed by atoms with Gasteiger partial charge < -0.3 is 15.4 Å². The van der Waals surface area contributed by atoms with Gasteiger partial charge in [-0.3, -0.25) is 9.59 Å². The number of hydrogen-bond acceptors (Lipinski definition) is 4. The molecular weight excluding hydrogens is 360 g/mol. The Morgan fingerprint density at radius 3 is 2.70 bits per heavy atom. The smallest absolute Gasteiger partial charge is 0.253 e. The third kappa shape index (κ3) is 5.58. The average molecular weight is 385 g/mol. The van der Waals surface area contributed by atoms with Crippen molar-refractivity contribution in [1.29, 1.82) is 0 Å². The molecule has 0 saturated carbocycles. The molecule has 0 bridgehead atoms. The van der Waals surface area contributed by atoms with E-state index in [1.54, 1.807) is 24.3 Å². The Hall–Kier alpha value is -2.31. The number of rotatable bonds is 7. The number of amides is 2. The van der Waals surface area contributed by atoms with Crippen LogP contribution in [0.3, 0.4) is 0 Å². The van der Waals surface area contributed by atoms with Gasteiger partial charge in [-0.05, 0) is 43.5 Å². The number of nitrogens with one attached hydrogen (secondary N) is 2. The van der Waals surface area contributed by atoms with Gasteiger partial charge in [-0.25, -0.2) is 0 Å². The van der Waals surface area contributed by atoms with Crippen molar-refractivity contribution in [2.45, 2.75) is 30.8 Å². The number of benzene rings is 2. The minimum absolute atomic E-state index is 0.0845. The van der Waals surface area contributed by atoms with Crippen LogP contribution in [-0.4, -0.2) is 36.8 Å². The van der Waals surface area contributed by atoms with Crippen molar-refractivity contribution in [3.63, 3.8) is 0 Å². The molecule has 3 rings (SSSR count). The van der Waals surface area contributed by atoms with E-state index in [9.17, 15) is 9.59 Å². The van der Waals surface area contributed by atoms with Crippen molar-refractivity contribution in [2.75, 3.05) is 24.2 Å². The van der Waals surface area contributed by atoms with E-state index in [-0.39, 0.29) is 23.7 Å². The van der Waals surface area contributed by atoms with E-state index in [1.807, 2.05) is 31.2 Å². The molecule has 1 unspecified atom stereocenters. The Bertz CT molecular complexity index is 804. The van der Waals surface area contributed by atoms with Crippen LogP contribution in [0.15, 0.2) is 53.4 Å². The normalized spacial score (nSPS) is 16.1. The maximum absolute atomic E-state index is 12.5. The highest BCUT2D eigenvalue weighted by atomic mass is 32.2. The molecule has 1 heterocycles. The molecule has 0 spiro atoms. The quantitative estimate of drug-likeness (QED) is 0.716. The second-order valence-electron chi connectivity index (χ2n) is 6.49. The molecule has 1 aliphatic heterocycles. The zero-order valence-corrected chi connectivity index (χ0v) is 16.2. The van der Waals surface area contributed by atoms with E-state index in [0.717, 1.165) is 29.9 Å². The van der Waals surface area contributed by atoms with Crippen LogP contribution >= 0.6 is 11.8 Å². The van der Waals surface area contributed by atoms with Crippen LogP contribution in [-0.2, 0) is 9.53 Å². The first-order valence-electron chi connectivity index (χ1n) is 9.10. The van der Waals surface area contributed by atoms with Crippen molar-refractivity contribution in [3.05, 3.63) is 59.7 Å². The van der Waals surface area contributed by atoms with E-state index < -0.39 is 0 Å². The lowest BCUT2D eigenvalue weighted by Gasteiger charge is -2.14. The van der Waals surface area contributed by atoms with Gasteiger partial charge in [-0.2, -0.15) is 0 Å². The summed E-state index contributed by atoms with van der Waals surface area (Å²) in [6.45, 7) is 3.27. The molecular formula is C21H24N2O3S. The zero-order chi connectivity index (χ0) is 19.1. The van der Waals surface area contributed by atoms with Gasteiger partial charge in [0, 0.05) is 18.0 Å². The van der Waals surface area contributed by atoms with Crippen molar-refractivity contribution < 1.29 is 14.3 Å². The summed E-state index contributed by atoms with van der Waals surface area (Å²) in [5, 5.41) is 5.76. The molecule has 1 aliphatic rings. The molecule has 2 aromatic carbocycles. The second kappa shape index (κ2) is 9.58. The lowest BCUT2D eigenvalue weighted by Crippen LogP contribution is -2.32. The molecule has 0 radical (unpaired) electrons. The van der Waals surface area contributed by atoms with E-state index in [2.05, 4.69) is 10.6 Å². The van der Waals surface area contributed by atoms with Gasteiger partial charge in [0.05, 0.1) is 23.1 Å². The van der Waals surface area contributed by atoms with Crippen LogP contribution in [0.25, 0.3) is 0 Å². The largest absolute Gasteiger partial charge is 0.376 e. The first kappa shape index (κ1) is 19.5. The van der Waals surface area contributed by atoms with Crippen LogP contribution in [0.4, 0.5) is 5.69 Å². The summed E-state index contributed by atoms with van der Waals surface area (Å²) in [5.74, 6) is -0.0490. The first-order valence-corrected chi connectivity index (χ1v) is 10.1. The molecule has 6 heteroatoms. The lowest BCUT2D eigenvalue weighted by atomic mass is 10.1. The van der Waals surface area contributed by atoms with Crippen LogP contribution in [0.2, 0.25) is 0 Å². The number of thioether (sulfide) groups is 1. The molecule has 1 atom stereocenters. The highest BCUT2D eigenvalue weighted by Crippen LogP contribution is 2.22. The highest BCUT2D eigenvalue weighted by molar-refractivity contribution is 8.00. The molecule has 2 amide bonds. The summed E-state index contributed by atoms with van der Waals surface area (Å²) in [5.41, 5.74) is 2.13. The van der Waals surface area contributed by atoms with E-state index in [1.165, 1.54) is 11.8 Å². The van der Waals surface area contributed by atoms with E-state index in [4.69, 9.17) is 4.74 Å². The van der Waals surface area contributed by atoms with E-state index in [0.29, 0.717) is 17.8 Å². The summed E-state index contributed by atoms with van der Waals surface area (Å²) in [7, 11) is 0. The predicted molar refractivity (Wildman–Crippen MR) is 108 cm³/mol. The summed E-state index contributed by atoms with van der Waals surface area (Å²) in [4.78, 5) is 25.9. The predicted octanol–water partition coefficient (Wildman–Crippen LogP) is 3.63. The van der Waals surface area contributed by atoms with Crippen LogP contribution in [0, 0.1) is 6.92 Å². The molecule has 1 saturated heterocycles. The summed E-state index contributed by atoms with van der Waals surface area (Å²) < 4.78 is 5.53. The fourth-order valence-corrected chi connectivity index (χ4v) is 3.77. The summed E-state index contributed by atoms with van der Waals surface area (Å²) in [6, 6.07) is 15.0. The van der Waals surface area contributed by atoms with Gasteiger partial charge in [0.25, 0.3) is 5.91 Å². The van der Waals surface area contributed by atoms with E-state index >= 15 is 0 Å². The van der Waals surface area contributed by atoms with Gasteiger partial charge in [0.2, 0.25) is 5.91 Å². The fraction of sp³-hybridized carbons (Fsp3) is 0.333. The van der Waals surface area contributed by atoms with Gasteiger partial charge in [-0.15, -0.1) is 11.8 Å². The maximum Gasteiger partial charge on any atom is 0.253 e. The number of para-hydroxylation sites is 1. The molecule has 2 N–H and O–H groups in total. The van der Waals surface area contributed by atoms with Crippen molar-refractivity contribution in [1.82, 2.24) is 5.32 Å². The molecule has 2 aromatic rings. The number of ether oxygens (including phenoxy) is 1. The van der Waals surface area contributed by atoms with Gasteiger partial charge in [0.15, 0.2) is 0 Å². The number of hydrogen-bond donors (Lipinski definition) is 2. The first-order chi connectivity index (χ1) is 13.1. The number of aryl methyl sites for hydroxylation is 1. The Kier molecular flexibility index (Phi) is 6.90. The van der Waals surface area contributed by atoms with Crippen LogP contribution < -0.4 is 10.6 Å². The molecule has 0 aromatic heterocycles. The minimum atomic E-state index is -0.201. The summed E-state index contributed by atoms with van der Waals surface area (Å²) >= 11 is 1.49. The minimum Gasteiger partial charge on any atom is -0.376 e. The SMILES string of the molecule is Cc1ccccc1SCC(=O)Nc1ccccc1C(=O)NCC1CCCO1. The Morgan fingerprint density at radius 2 is 1.93 bits per heavy atom. The third-order valence-corrected chi connectivity index (χ3v) is 5.59. The lowest BCUT2D eigenvalue weighted by molar-refractivity contribution is -0.113. The van der Waals surface area contributed by atoms with Crippen molar-refractivity contribution in [3.8, 4) is 0 Å². The third-order valence-electron chi connectivity index (χ3n) is 4.41. The maximum atomic E-state index is 12.5. The monoisotopic (exact) mass is 384 g/mol. The Balaban J connectivity index is 1.57. The molecule has 5 nitrogen and oxygen atoms in total. The number of carbonyl (C=O) groups is 2. The van der Waals surface area contributed by atoms with Crippen LogP contribution in [0.5, 0.6) is 0 Å². The van der Waals surface area contributed by atoms with Crippen molar-refractivity contribution >= 4 is 29.3 Å². The van der Waals surface area contributed by atoms with Gasteiger partial charge >= 0.3 is 0 Å². The fourth-order valence-electron chi connectivity index (χ4n) is 2.95. The van der Waals surface area contributed by atoms with Gasteiger partial charge in [-0.1, -0.05) is 30.3 Å². The highest BCUT2D eigenvalue weighted by Gasteiger charge is 2.18. The van der Waals surface area contributed by atoms with Crippen molar-refractivity contribution in [2.24, 2.45) is 0 Å². The zero-order valence-electron chi connectivity index (χ0n) is 15.4. The number of carbonyl (C=O) groups excluding carboxylic acids is 2. The average Bonchev–Trinajstić information content (AvgIpc) is 3.19. The topological polar surface area (TPSA) is 67.4 Å². The Morgan fingerprint density at radius 1 is 1.15 bits per heavy atom.